The molecule has 0 bridgehead atoms. The molecule has 1 N–H and O–H groups in total. The number of carbonyl (C=O) groups excluding carboxylic acids is 1. The quantitative estimate of drug-likeness (QED) is 0.624. The lowest BCUT2D eigenvalue weighted by atomic mass is 10.2. The molecule has 1 fully saturated rings. The monoisotopic (exact) mass is 445 g/mol. The summed E-state index contributed by atoms with van der Waals surface area (Å²) >= 11 is 0. The lowest BCUT2D eigenvalue weighted by Crippen LogP contribution is -2.35. The van der Waals surface area contributed by atoms with E-state index in [2.05, 4.69) is 5.32 Å². The molecule has 3 aromatic rings. The third-order valence-electron chi connectivity index (χ3n) is 5.27. The van der Waals surface area contributed by atoms with Crippen LogP contribution in [0.2, 0.25) is 0 Å². The average molecular weight is 445 g/mol. The van der Waals surface area contributed by atoms with Gasteiger partial charge in [0.2, 0.25) is 15.9 Å². The summed E-state index contributed by atoms with van der Waals surface area (Å²) in [5.41, 5.74) is 1.09. The molecule has 0 radical (unpaired) electrons. The zero-order valence-corrected chi connectivity index (χ0v) is 17.9. The van der Waals surface area contributed by atoms with Gasteiger partial charge in [0.15, 0.2) is 5.58 Å². The third-order valence-corrected chi connectivity index (χ3v) is 7.17. The molecular weight excluding hydrogens is 422 g/mol. The fourth-order valence-electron chi connectivity index (χ4n) is 3.70. The topological polar surface area (TPSA) is 111 Å². The zero-order chi connectivity index (χ0) is 22.0. The van der Waals surface area contributed by atoms with Gasteiger partial charge in [0.1, 0.15) is 12.3 Å². The number of anilines is 1. The molecule has 1 aliphatic heterocycles. The highest BCUT2D eigenvalue weighted by Crippen LogP contribution is 2.30. The van der Waals surface area contributed by atoms with Gasteiger partial charge in [-0.25, -0.2) is 13.2 Å². The molecule has 4 rings (SSSR count). The van der Waals surface area contributed by atoms with Crippen LogP contribution in [0.15, 0.2) is 56.6 Å². The van der Waals surface area contributed by atoms with Gasteiger partial charge in [0, 0.05) is 13.1 Å². The number of para-hydroxylation sites is 2. The van der Waals surface area contributed by atoms with Crippen molar-refractivity contribution >= 4 is 32.7 Å². The Morgan fingerprint density at radius 3 is 2.61 bits per heavy atom. The van der Waals surface area contributed by atoms with E-state index in [0.717, 1.165) is 19.3 Å². The van der Waals surface area contributed by atoms with E-state index >= 15 is 0 Å². The SMILES string of the molecule is COc1ccc(S(=O)(=O)N2CCCCC2)cc1NC(=O)Cn1c(=O)oc2ccccc21. The van der Waals surface area contributed by atoms with Gasteiger partial charge in [-0.15, -0.1) is 0 Å². The molecule has 164 valence electrons. The number of methoxy groups -OCH3 is 1. The summed E-state index contributed by atoms with van der Waals surface area (Å²) in [7, 11) is -2.25. The minimum Gasteiger partial charge on any atom is -0.495 e. The number of hydrogen-bond acceptors (Lipinski definition) is 6. The van der Waals surface area contributed by atoms with Crippen molar-refractivity contribution in [3.8, 4) is 5.75 Å². The van der Waals surface area contributed by atoms with E-state index < -0.39 is 21.7 Å². The van der Waals surface area contributed by atoms with E-state index in [-0.39, 0.29) is 17.1 Å². The standard InChI is InChI=1S/C21H23N3O6S/c1-29-18-10-9-15(31(27,28)23-11-5-2-6-12-23)13-16(18)22-20(25)14-24-17-7-3-4-8-19(17)30-21(24)26/h3-4,7-10,13H,2,5-6,11-12,14H2,1H3,(H,22,25). The Hall–Kier alpha value is -3.11. The maximum absolute atomic E-state index is 13.0. The highest BCUT2D eigenvalue weighted by Gasteiger charge is 2.27. The van der Waals surface area contributed by atoms with Gasteiger partial charge in [0.05, 0.1) is 23.2 Å². The lowest BCUT2D eigenvalue weighted by Gasteiger charge is -2.26. The first kappa shape index (κ1) is 21.1. The molecule has 0 unspecified atom stereocenters. The Labute approximate surface area is 179 Å². The van der Waals surface area contributed by atoms with E-state index in [9.17, 15) is 18.0 Å². The first-order valence-electron chi connectivity index (χ1n) is 9.96. The number of carbonyl (C=O) groups is 1. The Morgan fingerprint density at radius 2 is 1.87 bits per heavy atom. The molecule has 9 nitrogen and oxygen atoms in total. The Morgan fingerprint density at radius 1 is 1.13 bits per heavy atom. The highest BCUT2D eigenvalue weighted by atomic mass is 32.2. The number of fused-ring (bicyclic) bond motifs is 1. The smallest absolute Gasteiger partial charge is 0.420 e. The highest BCUT2D eigenvalue weighted by molar-refractivity contribution is 7.89. The van der Waals surface area contributed by atoms with Crippen molar-refractivity contribution in [2.24, 2.45) is 0 Å². The van der Waals surface area contributed by atoms with Gasteiger partial charge in [-0.1, -0.05) is 18.6 Å². The third kappa shape index (κ3) is 4.21. The van der Waals surface area contributed by atoms with E-state index in [1.54, 1.807) is 24.3 Å². The second-order valence-corrected chi connectivity index (χ2v) is 9.23. The number of hydrogen-bond donors (Lipinski definition) is 1. The number of piperidine rings is 1. The van der Waals surface area contributed by atoms with E-state index in [4.69, 9.17) is 9.15 Å². The fourth-order valence-corrected chi connectivity index (χ4v) is 5.24. The molecule has 1 aromatic heterocycles. The Bertz CT molecular complexity index is 1270. The van der Waals surface area contributed by atoms with Crippen LogP contribution in [0, 0.1) is 0 Å². The van der Waals surface area contributed by atoms with Crippen LogP contribution in [-0.4, -0.2) is 43.4 Å². The summed E-state index contributed by atoms with van der Waals surface area (Å²) in [6.45, 7) is 0.668. The van der Waals surface area contributed by atoms with Crippen LogP contribution < -0.4 is 15.8 Å². The summed E-state index contributed by atoms with van der Waals surface area (Å²) in [5.74, 6) is -0.848. The van der Waals surface area contributed by atoms with Crippen LogP contribution in [0.1, 0.15) is 19.3 Å². The Kier molecular flexibility index (Phi) is 5.84. The maximum atomic E-state index is 13.0. The molecule has 0 spiro atoms. The van der Waals surface area contributed by atoms with Crippen LogP contribution in [0.5, 0.6) is 5.75 Å². The van der Waals surface area contributed by atoms with Crippen molar-refractivity contribution in [1.82, 2.24) is 8.87 Å². The molecule has 1 amide bonds. The normalized spacial score (nSPS) is 15.1. The molecule has 0 aliphatic carbocycles. The minimum absolute atomic E-state index is 0.0800. The van der Waals surface area contributed by atoms with Gasteiger partial charge in [0.25, 0.3) is 0 Å². The molecule has 1 aliphatic rings. The number of sulfonamides is 1. The second kappa shape index (κ2) is 8.56. The molecule has 10 heteroatoms. The lowest BCUT2D eigenvalue weighted by molar-refractivity contribution is -0.116. The summed E-state index contributed by atoms with van der Waals surface area (Å²) < 4.78 is 39.1. The van der Waals surface area contributed by atoms with Crippen molar-refractivity contribution in [3.63, 3.8) is 0 Å². The number of ether oxygens (including phenoxy) is 1. The van der Waals surface area contributed by atoms with E-state index in [1.165, 1.54) is 34.2 Å². The number of benzene rings is 2. The van der Waals surface area contributed by atoms with Gasteiger partial charge in [-0.3, -0.25) is 9.36 Å². The first-order valence-corrected chi connectivity index (χ1v) is 11.4. The summed E-state index contributed by atoms with van der Waals surface area (Å²) in [4.78, 5) is 24.9. The minimum atomic E-state index is -3.67. The molecule has 2 aromatic carbocycles. The average Bonchev–Trinajstić information content (AvgIpc) is 3.09. The van der Waals surface area contributed by atoms with E-state index in [0.29, 0.717) is 29.9 Å². The number of nitrogens with one attached hydrogen (secondary N) is 1. The molecular formula is C21H23N3O6S. The maximum Gasteiger partial charge on any atom is 0.420 e. The molecule has 1 saturated heterocycles. The predicted octanol–water partition coefficient (Wildman–Crippen LogP) is 2.42. The van der Waals surface area contributed by atoms with Crippen molar-refractivity contribution in [3.05, 3.63) is 53.0 Å². The number of nitrogens with zero attached hydrogens (tertiary/aromatic N) is 2. The molecule has 0 saturated carbocycles. The van der Waals surface area contributed by atoms with Crippen molar-refractivity contribution < 1.29 is 22.4 Å². The number of aromatic nitrogens is 1. The summed E-state index contributed by atoms with van der Waals surface area (Å²) in [5, 5.41) is 2.66. The largest absolute Gasteiger partial charge is 0.495 e. The van der Waals surface area contributed by atoms with Crippen molar-refractivity contribution in [2.45, 2.75) is 30.7 Å². The molecule has 2 heterocycles. The van der Waals surface area contributed by atoms with Crippen LogP contribution >= 0.6 is 0 Å². The predicted molar refractivity (Wildman–Crippen MR) is 115 cm³/mol. The van der Waals surface area contributed by atoms with E-state index in [1.807, 2.05) is 0 Å². The number of amides is 1. The number of rotatable bonds is 6. The van der Waals surface area contributed by atoms with Crippen LogP contribution in [0.4, 0.5) is 5.69 Å². The Balaban J connectivity index is 1.60. The molecule has 31 heavy (non-hydrogen) atoms. The van der Waals surface area contributed by atoms with Crippen molar-refractivity contribution in [1.29, 1.82) is 0 Å². The summed E-state index contributed by atoms with van der Waals surface area (Å²) in [6.07, 6.45) is 2.66. The van der Waals surface area contributed by atoms with Crippen molar-refractivity contribution in [2.75, 3.05) is 25.5 Å². The second-order valence-electron chi connectivity index (χ2n) is 7.30. The van der Waals surface area contributed by atoms with Crippen LogP contribution in [-0.2, 0) is 21.4 Å². The molecule has 0 atom stereocenters. The summed E-state index contributed by atoms with van der Waals surface area (Å²) in [6, 6.07) is 11.1. The van der Waals surface area contributed by atoms with Gasteiger partial charge >= 0.3 is 5.76 Å². The van der Waals surface area contributed by atoms with Gasteiger partial charge < -0.3 is 14.5 Å². The van der Waals surface area contributed by atoms with Gasteiger partial charge in [-0.2, -0.15) is 4.31 Å². The van der Waals surface area contributed by atoms with Crippen LogP contribution in [0.3, 0.4) is 0 Å². The fraction of sp³-hybridized carbons (Fsp3) is 0.333. The van der Waals surface area contributed by atoms with Crippen LogP contribution in [0.25, 0.3) is 11.1 Å². The zero-order valence-electron chi connectivity index (χ0n) is 17.0. The number of oxazole rings is 1. The first-order chi connectivity index (χ1) is 14.9. The van der Waals surface area contributed by atoms with Gasteiger partial charge in [-0.05, 0) is 43.2 Å².